The molecule has 0 amide bonds. The van der Waals surface area contributed by atoms with Crippen molar-refractivity contribution in [1.82, 2.24) is 9.36 Å². The first kappa shape index (κ1) is 16.2. The molecule has 5 nitrogen and oxygen atoms in total. The van der Waals surface area contributed by atoms with Crippen LogP contribution in [0.5, 0.6) is 0 Å². The van der Waals surface area contributed by atoms with E-state index >= 15 is 0 Å². The van der Waals surface area contributed by atoms with Gasteiger partial charge in [0.2, 0.25) is 5.13 Å². The summed E-state index contributed by atoms with van der Waals surface area (Å²) in [6.07, 6.45) is 9.62. The highest BCUT2D eigenvalue weighted by molar-refractivity contribution is 7.90. The van der Waals surface area contributed by atoms with Gasteiger partial charge in [-0.2, -0.15) is 4.37 Å². The molecule has 2 aliphatic rings. The van der Waals surface area contributed by atoms with Gasteiger partial charge in [0.05, 0.1) is 5.75 Å². The fourth-order valence-electron chi connectivity index (χ4n) is 3.60. The third-order valence-electron chi connectivity index (χ3n) is 4.82. The third-order valence-corrected chi connectivity index (χ3v) is 6.69. The number of anilines is 1. The zero-order valence-electron chi connectivity index (χ0n) is 13.2. The van der Waals surface area contributed by atoms with E-state index in [1.807, 2.05) is 0 Å². The van der Waals surface area contributed by atoms with Crippen molar-refractivity contribution in [1.29, 1.82) is 0 Å². The Labute approximate surface area is 137 Å². The van der Waals surface area contributed by atoms with Crippen LogP contribution < -0.4 is 4.90 Å². The Bertz CT molecular complexity index is 586. The van der Waals surface area contributed by atoms with E-state index < -0.39 is 9.84 Å². The van der Waals surface area contributed by atoms with E-state index in [9.17, 15) is 8.42 Å². The Hall–Kier alpha value is -0.690. The Kier molecular flexibility index (Phi) is 5.02. The van der Waals surface area contributed by atoms with Gasteiger partial charge in [-0.15, -0.1) is 0 Å². The number of hydrogen-bond donors (Lipinski definition) is 0. The summed E-state index contributed by atoms with van der Waals surface area (Å²) in [6.45, 7) is 1.80. The maximum atomic E-state index is 11.4. The van der Waals surface area contributed by atoms with Gasteiger partial charge in [-0.3, -0.25) is 0 Å². The SMILES string of the molecule is CS(=O)(=O)CC1CCN(c2nc(C3CCCCC3)ns2)CC1. The Balaban J connectivity index is 1.56. The summed E-state index contributed by atoms with van der Waals surface area (Å²) in [5.74, 6) is 2.22. The summed E-state index contributed by atoms with van der Waals surface area (Å²) in [5.41, 5.74) is 0. The minimum absolute atomic E-state index is 0.303. The van der Waals surface area contributed by atoms with E-state index in [2.05, 4.69) is 9.27 Å². The molecule has 1 saturated carbocycles. The van der Waals surface area contributed by atoms with Gasteiger partial charge in [0.25, 0.3) is 0 Å². The Morgan fingerprint density at radius 2 is 1.82 bits per heavy atom. The van der Waals surface area contributed by atoms with Gasteiger partial charge in [0.15, 0.2) is 0 Å². The lowest BCUT2D eigenvalue weighted by atomic mass is 9.89. The third kappa shape index (κ3) is 4.19. The number of piperidine rings is 1. The molecule has 2 heterocycles. The van der Waals surface area contributed by atoms with Crippen LogP contribution in [0.1, 0.15) is 56.7 Å². The minimum atomic E-state index is -2.86. The average molecular weight is 344 g/mol. The number of nitrogens with zero attached hydrogens (tertiary/aromatic N) is 3. The molecule has 1 aromatic rings. The van der Waals surface area contributed by atoms with Crippen LogP contribution in [0.25, 0.3) is 0 Å². The first-order valence-corrected chi connectivity index (χ1v) is 11.1. The molecule has 3 rings (SSSR count). The zero-order valence-corrected chi connectivity index (χ0v) is 14.8. The van der Waals surface area contributed by atoms with Crippen LogP contribution in [0.4, 0.5) is 5.13 Å². The van der Waals surface area contributed by atoms with Crippen molar-refractivity contribution in [2.75, 3.05) is 30.0 Å². The summed E-state index contributed by atoms with van der Waals surface area (Å²) in [6, 6.07) is 0. The van der Waals surface area contributed by atoms with Crippen molar-refractivity contribution >= 4 is 26.5 Å². The summed E-state index contributed by atoms with van der Waals surface area (Å²) >= 11 is 1.51. The molecule has 0 bridgehead atoms. The van der Waals surface area contributed by atoms with E-state index in [1.165, 1.54) is 49.9 Å². The lowest BCUT2D eigenvalue weighted by Crippen LogP contribution is -2.35. The van der Waals surface area contributed by atoms with Crippen molar-refractivity contribution in [3.8, 4) is 0 Å². The van der Waals surface area contributed by atoms with Crippen molar-refractivity contribution in [2.45, 2.75) is 50.9 Å². The van der Waals surface area contributed by atoms with E-state index in [0.29, 0.717) is 17.6 Å². The van der Waals surface area contributed by atoms with Gasteiger partial charge >= 0.3 is 0 Å². The molecule has 0 atom stereocenters. The van der Waals surface area contributed by atoms with Crippen LogP contribution in [-0.4, -0.2) is 42.9 Å². The molecule has 7 heteroatoms. The molecular formula is C15H25N3O2S2. The lowest BCUT2D eigenvalue weighted by Gasteiger charge is -2.31. The fourth-order valence-corrected chi connectivity index (χ4v) is 5.59. The molecule has 1 aliphatic heterocycles. The summed E-state index contributed by atoms with van der Waals surface area (Å²) in [7, 11) is -2.86. The van der Waals surface area contributed by atoms with Gasteiger partial charge in [-0.25, -0.2) is 13.4 Å². The van der Waals surface area contributed by atoms with E-state index in [0.717, 1.165) is 36.9 Å². The van der Waals surface area contributed by atoms with Gasteiger partial charge in [-0.1, -0.05) is 19.3 Å². The molecule has 2 fully saturated rings. The molecule has 1 aliphatic carbocycles. The number of sulfone groups is 1. The topological polar surface area (TPSA) is 63.2 Å². The molecule has 22 heavy (non-hydrogen) atoms. The highest BCUT2D eigenvalue weighted by Crippen LogP contribution is 2.33. The van der Waals surface area contributed by atoms with E-state index in [1.54, 1.807) is 0 Å². The maximum Gasteiger partial charge on any atom is 0.205 e. The number of rotatable bonds is 4. The minimum Gasteiger partial charge on any atom is -0.347 e. The van der Waals surface area contributed by atoms with Crippen LogP contribution in [0, 0.1) is 5.92 Å². The quantitative estimate of drug-likeness (QED) is 0.841. The predicted octanol–water partition coefficient (Wildman–Crippen LogP) is 2.85. The molecule has 0 spiro atoms. The van der Waals surface area contributed by atoms with Gasteiger partial charge in [0, 0.05) is 36.8 Å². The number of aromatic nitrogens is 2. The van der Waals surface area contributed by atoms with Crippen LogP contribution in [0.3, 0.4) is 0 Å². The van der Waals surface area contributed by atoms with Crippen molar-refractivity contribution in [2.24, 2.45) is 5.92 Å². The highest BCUT2D eigenvalue weighted by atomic mass is 32.2. The number of hydrogen-bond acceptors (Lipinski definition) is 6. The fraction of sp³-hybridized carbons (Fsp3) is 0.867. The van der Waals surface area contributed by atoms with E-state index in [-0.39, 0.29) is 0 Å². The van der Waals surface area contributed by atoms with Crippen molar-refractivity contribution in [3.63, 3.8) is 0 Å². The molecule has 0 unspecified atom stereocenters. The maximum absolute atomic E-state index is 11.4. The second-order valence-electron chi connectivity index (χ2n) is 6.79. The summed E-state index contributed by atoms with van der Waals surface area (Å²) in [5, 5.41) is 1.03. The first-order chi connectivity index (χ1) is 10.5. The van der Waals surface area contributed by atoms with E-state index in [4.69, 9.17) is 4.98 Å². The van der Waals surface area contributed by atoms with Gasteiger partial charge < -0.3 is 4.90 Å². The normalized spacial score (nSPS) is 22.1. The van der Waals surface area contributed by atoms with Crippen LogP contribution in [0.15, 0.2) is 0 Å². The molecule has 124 valence electrons. The molecule has 0 aromatic carbocycles. The highest BCUT2D eigenvalue weighted by Gasteiger charge is 2.26. The standard InChI is InChI=1S/C15H25N3O2S2/c1-22(19,20)11-12-7-9-18(10-8-12)15-16-14(17-21-15)13-5-3-2-4-6-13/h12-13H,2-11H2,1H3. The second-order valence-corrected chi connectivity index (χ2v) is 9.71. The first-order valence-electron chi connectivity index (χ1n) is 8.27. The lowest BCUT2D eigenvalue weighted by molar-refractivity contribution is 0.427. The monoisotopic (exact) mass is 343 g/mol. The van der Waals surface area contributed by atoms with Crippen molar-refractivity contribution < 1.29 is 8.42 Å². The van der Waals surface area contributed by atoms with Crippen LogP contribution in [0.2, 0.25) is 0 Å². The Morgan fingerprint density at radius 1 is 1.14 bits per heavy atom. The second kappa shape index (κ2) is 6.83. The average Bonchev–Trinajstić information content (AvgIpc) is 2.97. The molecule has 0 N–H and O–H groups in total. The zero-order chi connectivity index (χ0) is 15.6. The summed E-state index contributed by atoms with van der Waals surface area (Å²) in [4.78, 5) is 7.05. The molecular weight excluding hydrogens is 318 g/mol. The smallest absolute Gasteiger partial charge is 0.205 e. The predicted molar refractivity (Wildman–Crippen MR) is 90.4 cm³/mol. The largest absolute Gasteiger partial charge is 0.347 e. The Morgan fingerprint density at radius 3 is 2.45 bits per heavy atom. The molecule has 0 radical (unpaired) electrons. The van der Waals surface area contributed by atoms with Crippen LogP contribution in [-0.2, 0) is 9.84 Å². The van der Waals surface area contributed by atoms with Crippen molar-refractivity contribution in [3.05, 3.63) is 5.82 Å². The molecule has 1 saturated heterocycles. The summed E-state index contributed by atoms with van der Waals surface area (Å²) < 4.78 is 27.4. The molecule has 1 aromatic heterocycles. The van der Waals surface area contributed by atoms with Gasteiger partial charge in [-0.05, 0) is 31.6 Å². The van der Waals surface area contributed by atoms with Gasteiger partial charge in [0.1, 0.15) is 15.7 Å². The van der Waals surface area contributed by atoms with Crippen LogP contribution >= 0.6 is 11.5 Å².